The van der Waals surface area contributed by atoms with Crippen LogP contribution in [0, 0.1) is 33.6 Å². The molecule has 1 saturated heterocycles. The molecule has 2 unspecified atom stereocenters. The van der Waals surface area contributed by atoms with Crippen molar-refractivity contribution in [2.75, 3.05) is 32.7 Å². The van der Waals surface area contributed by atoms with Gasteiger partial charge in [-0.25, -0.2) is 0 Å². The van der Waals surface area contributed by atoms with E-state index in [0.717, 1.165) is 38.3 Å². The van der Waals surface area contributed by atoms with E-state index in [9.17, 15) is 5.11 Å². The number of aliphatic hydroxyl groups excluding tert-OH is 1. The number of rotatable bonds is 4. The minimum absolute atomic E-state index is 0.252. The lowest BCUT2D eigenvalue weighted by atomic mass is 9.86. The summed E-state index contributed by atoms with van der Waals surface area (Å²) >= 11 is 0. The van der Waals surface area contributed by atoms with Gasteiger partial charge >= 0.3 is 0 Å². The number of aryl methyl sites for hydroxylation is 2. The third-order valence-corrected chi connectivity index (χ3v) is 5.01. The van der Waals surface area contributed by atoms with E-state index in [0.29, 0.717) is 0 Å². The second-order valence-corrected chi connectivity index (χ2v) is 6.65. The number of nitrogens with zero attached hydrogens (tertiary/aromatic N) is 1. The van der Waals surface area contributed by atoms with E-state index in [-0.39, 0.29) is 12.0 Å². The van der Waals surface area contributed by atoms with Crippen molar-refractivity contribution >= 4 is 0 Å². The van der Waals surface area contributed by atoms with Gasteiger partial charge in [0, 0.05) is 32.7 Å². The number of nitrogens with one attached hydrogen (secondary N) is 1. The number of hydrogen-bond acceptors (Lipinski definition) is 3. The molecule has 118 valence electrons. The molecule has 0 bridgehead atoms. The van der Waals surface area contributed by atoms with Crippen LogP contribution in [0.5, 0.6) is 0 Å². The Balaban J connectivity index is 2.17. The van der Waals surface area contributed by atoms with Gasteiger partial charge in [-0.2, -0.15) is 0 Å². The Kier molecular flexibility index (Phi) is 5.42. The lowest BCUT2D eigenvalue weighted by Crippen LogP contribution is -2.45. The number of benzene rings is 1. The monoisotopic (exact) mass is 290 g/mol. The molecule has 0 aromatic heterocycles. The fourth-order valence-electron chi connectivity index (χ4n) is 3.38. The van der Waals surface area contributed by atoms with Crippen molar-refractivity contribution in [2.45, 2.75) is 40.7 Å². The van der Waals surface area contributed by atoms with Crippen LogP contribution in [0.4, 0.5) is 0 Å². The summed E-state index contributed by atoms with van der Waals surface area (Å²) < 4.78 is 0. The Morgan fingerprint density at radius 1 is 1.10 bits per heavy atom. The van der Waals surface area contributed by atoms with Crippen LogP contribution >= 0.6 is 0 Å². The number of piperazine rings is 1. The van der Waals surface area contributed by atoms with Crippen LogP contribution in [0.25, 0.3) is 0 Å². The Hall–Kier alpha value is -0.900. The summed E-state index contributed by atoms with van der Waals surface area (Å²) in [6, 6.07) is 2.22. The van der Waals surface area contributed by atoms with Crippen LogP contribution in [-0.2, 0) is 0 Å². The Labute approximate surface area is 129 Å². The largest absolute Gasteiger partial charge is 0.388 e. The van der Waals surface area contributed by atoms with Gasteiger partial charge in [-0.1, -0.05) is 13.0 Å². The molecular formula is C18H30N2O. The highest BCUT2D eigenvalue weighted by molar-refractivity contribution is 5.45. The van der Waals surface area contributed by atoms with Crippen molar-refractivity contribution in [3.8, 4) is 0 Å². The molecule has 3 nitrogen and oxygen atoms in total. The van der Waals surface area contributed by atoms with Gasteiger partial charge in [0.25, 0.3) is 0 Å². The fourth-order valence-corrected chi connectivity index (χ4v) is 3.38. The molecule has 0 saturated carbocycles. The van der Waals surface area contributed by atoms with Crippen LogP contribution < -0.4 is 5.32 Å². The van der Waals surface area contributed by atoms with Gasteiger partial charge in [0.05, 0.1) is 6.10 Å². The maximum absolute atomic E-state index is 10.9. The average molecular weight is 290 g/mol. The predicted octanol–water partition coefficient (Wildman–Crippen LogP) is 2.49. The Bertz CT molecular complexity index is 466. The van der Waals surface area contributed by atoms with Crippen molar-refractivity contribution in [1.82, 2.24) is 10.2 Å². The highest BCUT2D eigenvalue weighted by Gasteiger charge is 2.24. The van der Waals surface area contributed by atoms with Gasteiger partial charge in [-0.05, 0) is 61.4 Å². The summed E-state index contributed by atoms with van der Waals surface area (Å²) in [5.74, 6) is 0.252. The Morgan fingerprint density at radius 2 is 1.62 bits per heavy atom. The molecule has 1 aromatic carbocycles. The average Bonchev–Trinajstić information content (AvgIpc) is 2.46. The molecule has 0 spiro atoms. The normalized spacial score (nSPS) is 19.5. The van der Waals surface area contributed by atoms with Crippen molar-refractivity contribution < 1.29 is 5.11 Å². The summed E-state index contributed by atoms with van der Waals surface area (Å²) in [4.78, 5) is 2.46. The zero-order valence-electron chi connectivity index (χ0n) is 14.2. The van der Waals surface area contributed by atoms with E-state index in [1.54, 1.807) is 0 Å². The molecule has 3 heteroatoms. The lowest BCUT2D eigenvalue weighted by molar-refractivity contribution is 0.0832. The molecule has 1 aliphatic rings. The standard InChI is InChI=1S/C18H30N2O/c1-12-10-13(2)16(5)17(15(12)4)18(21)14(3)11-20-8-6-19-7-9-20/h10,14,18-19,21H,6-9,11H2,1-5H3. The summed E-state index contributed by atoms with van der Waals surface area (Å²) in [5, 5.41) is 14.3. The highest BCUT2D eigenvalue weighted by atomic mass is 16.3. The van der Waals surface area contributed by atoms with E-state index in [1.807, 2.05) is 0 Å². The van der Waals surface area contributed by atoms with Crippen LogP contribution in [0.3, 0.4) is 0 Å². The topological polar surface area (TPSA) is 35.5 Å². The SMILES string of the molecule is Cc1cc(C)c(C)c(C(O)C(C)CN2CCNCC2)c1C. The first-order valence-corrected chi connectivity index (χ1v) is 8.10. The van der Waals surface area contributed by atoms with Crippen LogP contribution in [-0.4, -0.2) is 42.7 Å². The molecule has 1 aliphatic heterocycles. The van der Waals surface area contributed by atoms with E-state index in [2.05, 4.69) is 50.9 Å². The first-order valence-electron chi connectivity index (χ1n) is 8.10. The van der Waals surface area contributed by atoms with Crippen molar-refractivity contribution in [3.63, 3.8) is 0 Å². The van der Waals surface area contributed by atoms with Crippen molar-refractivity contribution in [3.05, 3.63) is 33.9 Å². The van der Waals surface area contributed by atoms with E-state index in [1.165, 1.54) is 22.3 Å². The third kappa shape index (κ3) is 3.65. The first kappa shape index (κ1) is 16.5. The van der Waals surface area contributed by atoms with Crippen LogP contribution in [0.2, 0.25) is 0 Å². The van der Waals surface area contributed by atoms with E-state index >= 15 is 0 Å². The van der Waals surface area contributed by atoms with Crippen molar-refractivity contribution in [2.24, 2.45) is 5.92 Å². The number of aliphatic hydroxyl groups is 1. The Morgan fingerprint density at radius 3 is 2.14 bits per heavy atom. The number of hydrogen-bond donors (Lipinski definition) is 2. The zero-order valence-corrected chi connectivity index (χ0v) is 14.2. The molecule has 21 heavy (non-hydrogen) atoms. The first-order chi connectivity index (χ1) is 9.91. The summed E-state index contributed by atoms with van der Waals surface area (Å²) in [6.45, 7) is 16.0. The van der Waals surface area contributed by atoms with Gasteiger partial charge in [0.15, 0.2) is 0 Å². The molecule has 1 aromatic rings. The smallest absolute Gasteiger partial charge is 0.0833 e. The minimum atomic E-state index is -0.376. The van der Waals surface area contributed by atoms with Crippen molar-refractivity contribution in [1.29, 1.82) is 0 Å². The van der Waals surface area contributed by atoms with Gasteiger partial charge in [-0.15, -0.1) is 0 Å². The van der Waals surface area contributed by atoms with Crippen LogP contribution in [0.1, 0.15) is 40.8 Å². The predicted molar refractivity (Wildman–Crippen MR) is 88.8 cm³/mol. The summed E-state index contributed by atoms with van der Waals surface area (Å²) in [7, 11) is 0. The molecular weight excluding hydrogens is 260 g/mol. The maximum Gasteiger partial charge on any atom is 0.0833 e. The maximum atomic E-state index is 10.9. The molecule has 2 atom stereocenters. The second kappa shape index (κ2) is 6.91. The highest BCUT2D eigenvalue weighted by Crippen LogP contribution is 2.31. The summed E-state index contributed by atoms with van der Waals surface area (Å²) in [6.07, 6.45) is -0.376. The fraction of sp³-hybridized carbons (Fsp3) is 0.667. The van der Waals surface area contributed by atoms with Gasteiger partial charge in [0.1, 0.15) is 0 Å². The van der Waals surface area contributed by atoms with Gasteiger partial charge in [0.2, 0.25) is 0 Å². The van der Waals surface area contributed by atoms with Gasteiger partial charge < -0.3 is 15.3 Å². The molecule has 0 amide bonds. The molecule has 0 radical (unpaired) electrons. The minimum Gasteiger partial charge on any atom is -0.388 e. The lowest BCUT2D eigenvalue weighted by Gasteiger charge is -2.32. The molecule has 1 fully saturated rings. The molecule has 2 rings (SSSR count). The summed E-state index contributed by atoms with van der Waals surface area (Å²) in [5.41, 5.74) is 6.20. The molecule has 2 N–H and O–H groups in total. The second-order valence-electron chi connectivity index (χ2n) is 6.65. The third-order valence-electron chi connectivity index (χ3n) is 5.01. The quantitative estimate of drug-likeness (QED) is 0.894. The van der Waals surface area contributed by atoms with Gasteiger partial charge in [-0.3, -0.25) is 0 Å². The van der Waals surface area contributed by atoms with E-state index in [4.69, 9.17) is 0 Å². The zero-order chi connectivity index (χ0) is 15.6. The van der Waals surface area contributed by atoms with Crippen LogP contribution in [0.15, 0.2) is 6.07 Å². The molecule has 1 heterocycles. The van der Waals surface area contributed by atoms with E-state index < -0.39 is 0 Å². The molecule has 0 aliphatic carbocycles.